The Morgan fingerprint density at radius 1 is 1.27 bits per heavy atom. The van der Waals surface area contributed by atoms with Crippen LogP contribution in [0.1, 0.15) is 28.5 Å². The monoisotopic (exact) mass is 443 g/mol. The van der Waals surface area contributed by atoms with Crippen LogP contribution in [0.15, 0.2) is 24.8 Å². The smallest absolute Gasteiger partial charge is 0.345 e. The number of anilines is 1. The Morgan fingerprint density at radius 3 is 2.77 bits per heavy atom. The first-order valence-electron chi connectivity index (χ1n) is 9.21. The second-order valence-electron chi connectivity index (χ2n) is 7.10. The summed E-state index contributed by atoms with van der Waals surface area (Å²) < 4.78 is 37.6. The third-order valence-electron chi connectivity index (χ3n) is 5.00. The second kappa shape index (κ2) is 7.71. The Balaban J connectivity index is 0.00000181. The van der Waals surface area contributed by atoms with E-state index in [2.05, 4.69) is 30.2 Å². The zero-order valence-corrected chi connectivity index (χ0v) is 16.3. The number of nitrogens with zero attached hydrogens (tertiary/aromatic N) is 4. The molecule has 8 nitrogen and oxygen atoms in total. The van der Waals surface area contributed by atoms with E-state index in [1.165, 1.54) is 12.5 Å². The van der Waals surface area contributed by atoms with Crippen molar-refractivity contribution in [2.24, 2.45) is 0 Å². The first kappa shape index (κ1) is 20.3. The van der Waals surface area contributed by atoms with E-state index in [1.807, 2.05) is 5.32 Å². The van der Waals surface area contributed by atoms with E-state index in [0.717, 1.165) is 0 Å². The number of hydrogen-bond donors (Lipinski definition) is 3. The fraction of sp³-hybridized carbons (Fsp3) is 0.389. The van der Waals surface area contributed by atoms with Gasteiger partial charge in [-0.1, -0.05) is 24.4 Å². The molecule has 3 aromatic heterocycles. The molecule has 0 saturated heterocycles. The molecule has 1 aliphatic carbocycles. The molecule has 12 heteroatoms. The molecular weight excluding hydrogens is 423 g/mol. The number of amides is 1. The summed E-state index contributed by atoms with van der Waals surface area (Å²) in [6.07, 6.45) is 2.14. The van der Waals surface area contributed by atoms with Crippen LogP contribution in [0.5, 0.6) is 0 Å². The molecule has 0 aliphatic heterocycles. The first-order chi connectivity index (χ1) is 14.3. The SMILES string of the molecule is O=C(NCC(F)(F)F)C1(Nc2ncnc(-c3c[nH]c4ncc(Cl)cc34)n2)CCCC1.[HH].[HH]. The molecule has 3 aromatic rings. The number of aromatic amines is 1. The molecule has 3 N–H and O–H groups in total. The zero-order valence-electron chi connectivity index (χ0n) is 15.6. The number of alkyl halides is 3. The number of H-pyrrole nitrogens is 1. The van der Waals surface area contributed by atoms with E-state index in [1.54, 1.807) is 12.3 Å². The second-order valence-corrected chi connectivity index (χ2v) is 7.53. The van der Waals surface area contributed by atoms with Crippen molar-refractivity contribution in [3.8, 4) is 11.4 Å². The maximum Gasteiger partial charge on any atom is 0.405 e. The highest BCUT2D eigenvalue weighted by Crippen LogP contribution is 2.33. The normalized spacial score (nSPS) is 16.0. The third-order valence-corrected chi connectivity index (χ3v) is 5.21. The van der Waals surface area contributed by atoms with Gasteiger partial charge in [0.2, 0.25) is 11.9 Å². The van der Waals surface area contributed by atoms with Crippen molar-refractivity contribution in [1.82, 2.24) is 30.2 Å². The minimum absolute atomic E-state index is 0. The lowest BCUT2D eigenvalue weighted by Crippen LogP contribution is -2.52. The topological polar surface area (TPSA) is 108 Å². The Bertz CT molecular complexity index is 1090. The molecular formula is C18H21ClF3N7O. The number of rotatable bonds is 5. The van der Waals surface area contributed by atoms with Crippen molar-refractivity contribution in [2.45, 2.75) is 37.4 Å². The summed E-state index contributed by atoms with van der Waals surface area (Å²) in [5, 5.41) is 6.08. The molecule has 0 atom stereocenters. The third kappa shape index (κ3) is 4.16. The predicted octanol–water partition coefficient (Wildman–Crippen LogP) is 3.96. The van der Waals surface area contributed by atoms with Crippen LogP contribution in [0.3, 0.4) is 0 Å². The van der Waals surface area contributed by atoms with Crippen molar-refractivity contribution < 1.29 is 20.8 Å². The molecule has 1 saturated carbocycles. The number of carbonyl (C=O) groups is 1. The van der Waals surface area contributed by atoms with Gasteiger partial charge in [0.05, 0.1) is 5.02 Å². The van der Waals surface area contributed by atoms with Gasteiger partial charge < -0.3 is 15.6 Å². The fourth-order valence-corrected chi connectivity index (χ4v) is 3.76. The highest BCUT2D eigenvalue weighted by atomic mass is 35.5. The molecule has 3 heterocycles. The number of halogens is 4. The fourth-order valence-electron chi connectivity index (χ4n) is 3.60. The summed E-state index contributed by atoms with van der Waals surface area (Å²) in [7, 11) is 0. The molecule has 0 radical (unpaired) electrons. The van der Waals surface area contributed by atoms with E-state index in [-0.39, 0.29) is 8.80 Å². The van der Waals surface area contributed by atoms with Crippen molar-refractivity contribution in [1.29, 1.82) is 0 Å². The van der Waals surface area contributed by atoms with Crippen molar-refractivity contribution in [2.75, 3.05) is 11.9 Å². The van der Waals surface area contributed by atoms with Gasteiger partial charge in [-0.2, -0.15) is 18.2 Å². The molecule has 0 unspecified atom stereocenters. The van der Waals surface area contributed by atoms with Gasteiger partial charge in [0, 0.05) is 26.2 Å². The maximum absolute atomic E-state index is 12.6. The molecule has 0 bridgehead atoms. The van der Waals surface area contributed by atoms with Crippen LogP contribution in [0.4, 0.5) is 19.1 Å². The Morgan fingerprint density at radius 2 is 2.03 bits per heavy atom. The number of nitrogens with one attached hydrogen (secondary N) is 3. The standard InChI is InChI=1S/C18H17ClF3N7O.2H2/c19-10-5-11-12(7-24-13(11)23-6-10)14-26-9-27-16(28-14)29-17(3-1-2-4-17)15(30)25-8-18(20,21)22;;/h5-7,9H,1-4,8H2,(H,23,24)(H,25,30)(H,26,27,28,29);2*1H. The molecule has 1 fully saturated rings. The lowest BCUT2D eigenvalue weighted by Gasteiger charge is -2.29. The number of fused-ring (bicyclic) bond motifs is 1. The number of hydrogen-bond acceptors (Lipinski definition) is 6. The van der Waals surface area contributed by atoms with Crippen molar-refractivity contribution in [3.63, 3.8) is 0 Å². The molecule has 0 aromatic carbocycles. The van der Waals surface area contributed by atoms with Gasteiger partial charge in [0.1, 0.15) is 24.1 Å². The quantitative estimate of drug-likeness (QED) is 0.550. The highest BCUT2D eigenvalue weighted by molar-refractivity contribution is 6.31. The molecule has 4 rings (SSSR count). The van der Waals surface area contributed by atoms with E-state index < -0.39 is 24.2 Å². The first-order valence-corrected chi connectivity index (χ1v) is 9.59. The van der Waals surface area contributed by atoms with Crippen molar-refractivity contribution in [3.05, 3.63) is 29.8 Å². The predicted molar refractivity (Wildman–Crippen MR) is 108 cm³/mol. The molecule has 1 amide bonds. The molecule has 0 spiro atoms. The largest absolute Gasteiger partial charge is 0.405 e. The average molecular weight is 444 g/mol. The zero-order chi connectivity index (χ0) is 21.4. The minimum atomic E-state index is -4.49. The number of aromatic nitrogens is 5. The van der Waals surface area contributed by atoms with Crippen LogP contribution in [0.25, 0.3) is 22.4 Å². The van der Waals surface area contributed by atoms with Gasteiger partial charge in [-0.15, -0.1) is 0 Å². The van der Waals surface area contributed by atoms with Gasteiger partial charge >= 0.3 is 6.18 Å². The van der Waals surface area contributed by atoms with E-state index in [9.17, 15) is 18.0 Å². The van der Waals surface area contributed by atoms with Crippen LogP contribution >= 0.6 is 11.6 Å². The van der Waals surface area contributed by atoms with Crippen LogP contribution in [0, 0.1) is 0 Å². The van der Waals surface area contributed by atoms with Gasteiger partial charge in [-0.05, 0) is 18.9 Å². The summed E-state index contributed by atoms with van der Waals surface area (Å²) in [5.41, 5.74) is 0.0325. The average Bonchev–Trinajstić information content (AvgIpc) is 3.33. The van der Waals surface area contributed by atoms with E-state index >= 15 is 0 Å². The summed E-state index contributed by atoms with van der Waals surface area (Å²) >= 11 is 6.03. The van der Waals surface area contributed by atoms with Gasteiger partial charge in [-0.25, -0.2) is 15.0 Å². The summed E-state index contributed by atoms with van der Waals surface area (Å²) in [6.45, 7) is -1.39. The summed E-state index contributed by atoms with van der Waals surface area (Å²) in [4.78, 5) is 32.4. The molecule has 1 aliphatic rings. The Hall–Kier alpha value is -2.95. The van der Waals surface area contributed by atoms with E-state index in [0.29, 0.717) is 53.1 Å². The van der Waals surface area contributed by atoms with Crippen LogP contribution in [-0.2, 0) is 4.79 Å². The van der Waals surface area contributed by atoms with Gasteiger partial charge in [0.15, 0.2) is 5.82 Å². The minimum Gasteiger partial charge on any atom is -0.345 e. The lowest BCUT2D eigenvalue weighted by molar-refractivity contribution is -0.141. The molecule has 30 heavy (non-hydrogen) atoms. The number of pyridine rings is 1. The molecule has 162 valence electrons. The maximum atomic E-state index is 12.6. The Kier molecular flexibility index (Phi) is 5.22. The highest BCUT2D eigenvalue weighted by Gasteiger charge is 2.43. The van der Waals surface area contributed by atoms with E-state index in [4.69, 9.17) is 11.6 Å². The lowest BCUT2D eigenvalue weighted by atomic mass is 9.96. The van der Waals surface area contributed by atoms with Gasteiger partial charge in [-0.3, -0.25) is 4.79 Å². The van der Waals surface area contributed by atoms with Crippen LogP contribution in [0.2, 0.25) is 5.02 Å². The van der Waals surface area contributed by atoms with Crippen LogP contribution in [-0.4, -0.2) is 49.1 Å². The van der Waals surface area contributed by atoms with Crippen molar-refractivity contribution >= 4 is 34.5 Å². The summed E-state index contributed by atoms with van der Waals surface area (Å²) in [6, 6.07) is 1.72. The van der Waals surface area contributed by atoms with Gasteiger partial charge in [0.25, 0.3) is 0 Å². The van der Waals surface area contributed by atoms with Crippen LogP contribution < -0.4 is 10.6 Å². The Labute approximate surface area is 176 Å². The number of carbonyl (C=O) groups excluding carboxylic acids is 1. The summed E-state index contributed by atoms with van der Waals surface area (Å²) in [5.74, 6) is -0.303.